The van der Waals surface area contributed by atoms with Gasteiger partial charge in [0.05, 0.1) is 5.56 Å². The number of benzene rings is 1. The average Bonchev–Trinajstić information content (AvgIpc) is 2.48. The van der Waals surface area contributed by atoms with Crippen LogP contribution in [0.4, 0.5) is 0 Å². The van der Waals surface area contributed by atoms with Gasteiger partial charge in [0, 0.05) is 27.5 Å². The second-order valence-electron chi connectivity index (χ2n) is 2.85. The van der Waals surface area contributed by atoms with Gasteiger partial charge >= 0.3 is 5.97 Å². The average molecular weight is 455 g/mol. The SMILES string of the molecule is CC.COCOC(=O)c1ccc(OCO[C-]=O)cc1.[Re]. The Bertz CT molecular complexity index is 366. The first-order valence-corrected chi connectivity index (χ1v) is 5.65. The maximum atomic E-state index is 11.4. The van der Waals surface area contributed by atoms with E-state index in [1.165, 1.54) is 25.7 Å². The Hall–Kier alpha value is -1.42. The van der Waals surface area contributed by atoms with Gasteiger partial charge in [-0.1, -0.05) is 20.3 Å². The molecular weight excluding hydrogens is 438 g/mol. The van der Waals surface area contributed by atoms with E-state index >= 15 is 0 Å². The molecule has 0 amide bonds. The van der Waals surface area contributed by atoms with Crippen LogP contribution in [-0.4, -0.2) is 33.1 Å². The van der Waals surface area contributed by atoms with Crippen LogP contribution in [0.25, 0.3) is 0 Å². The minimum atomic E-state index is -0.490. The van der Waals surface area contributed by atoms with E-state index in [-0.39, 0.29) is 34.0 Å². The van der Waals surface area contributed by atoms with Gasteiger partial charge in [-0.05, 0) is 24.3 Å². The topological polar surface area (TPSA) is 71.1 Å². The van der Waals surface area contributed by atoms with Crippen molar-refractivity contribution in [3.63, 3.8) is 0 Å². The van der Waals surface area contributed by atoms with Crippen molar-refractivity contribution in [3.8, 4) is 5.75 Å². The van der Waals surface area contributed by atoms with Gasteiger partial charge in [-0.3, -0.25) is 0 Å². The maximum Gasteiger partial charge on any atom is 0.340 e. The largest absolute Gasteiger partial charge is 0.626 e. The Kier molecular flexibility index (Phi) is 14.6. The van der Waals surface area contributed by atoms with Crippen LogP contribution < -0.4 is 4.74 Å². The van der Waals surface area contributed by atoms with Crippen molar-refractivity contribution in [1.82, 2.24) is 0 Å². The second kappa shape index (κ2) is 14.0. The monoisotopic (exact) mass is 456 g/mol. The Morgan fingerprint density at radius 1 is 1.15 bits per heavy atom. The van der Waals surface area contributed by atoms with Crippen LogP contribution in [0, 0.1) is 0 Å². The van der Waals surface area contributed by atoms with E-state index in [4.69, 9.17) is 9.47 Å². The van der Waals surface area contributed by atoms with E-state index < -0.39 is 5.97 Å². The van der Waals surface area contributed by atoms with Gasteiger partial charge in [0.25, 0.3) is 0 Å². The van der Waals surface area contributed by atoms with Gasteiger partial charge in [0.15, 0.2) is 13.6 Å². The summed E-state index contributed by atoms with van der Waals surface area (Å²) in [6.45, 7) is 4.91. The quantitative estimate of drug-likeness (QED) is 0.271. The fraction of sp³-hybridized carbons (Fsp3) is 0.385. The molecule has 0 aliphatic rings. The third-order valence-corrected chi connectivity index (χ3v) is 1.74. The van der Waals surface area contributed by atoms with Crippen LogP contribution >= 0.6 is 0 Å². The van der Waals surface area contributed by atoms with Crippen LogP contribution in [0.15, 0.2) is 24.3 Å². The second-order valence-corrected chi connectivity index (χ2v) is 2.85. The minimum absolute atomic E-state index is 0. The normalized spacial score (nSPS) is 8.35. The number of rotatable bonds is 7. The van der Waals surface area contributed by atoms with Crippen molar-refractivity contribution >= 4 is 12.4 Å². The summed E-state index contributed by atoms with van der Waals surface area (Å²) in [5, 5.41) is 0. The Labute approximate surface area is 132 Å². The first-order chi connectivity index (χ1) is 9.27. The molecule has 0 unspecified atom stereocenters. The van der Waals surface area contributed by atoms with Crippen LogP contribution in [0.3, 0.4) is 0 Å². The van der Waals surface area contributed by atoms with Crippen molar-refractivity contribution in [2.24, 2.45) is 0 Å². The molecule has 7 heteroatoms. The van der Waals surface area contributed by atoms with Crippen LogP contribution in [0.2, 0.25) is 0 Å². The summed E-state index contributed by atoms with van der Waals surface area (Å²) >= 11 is 0. The number of esters is 1. The molecule has 1 aromatic rings. The first kappa shape index (κ1) is 20.9. The van der Waals surface area contributed by atoms with Crippen LogP contribution in [0.1, 0.15) is 24.2 Å². The molecule has 0 fully saturated rings. The summed E-state index contributed by atoms with van der Waals surface area (Å²) in [4.78, 5) is 21.1. The molecule has 0 aromatic heterocycles. The van der Waals surface area contributed by atoms with Gasteiger partial charge in [-0.25, -0.2) is 4.79 Å². The fourth-order valence-corrected chi connectivity index (χ4v) is 1.00. The molecular formula is C13H17O6Re-. The maximum absolute atomic E-state index is 11.4. The Morgan fingerprint density at radius 3 is 2.25 bits per heavy atom. The van der Waals surface area contributed by atoms with E-state index in [9.17, 15) is 9.59 Å². The molecule has 113 valence electrons. The van der Waals surface area contributed by atoms with E-state index in [1.54, 1.807) is 12.1 Å². The van der Waals surface area contributed by atoms with E-state index in [0.29, 0.717) is 11.3 Å². The van der Waals surface area contributed by atoms with Gasteiger partial charge in [-0.2, -0.15) is 0 Å². The molecule has 1 rings (SSSR count). The minimum Gasteiger partial charge on any atom is -0.626 e. The Morgan fingerprint density at radius 2 is 1.75 bits per heavy atom. The summed E-state index contributed by atoms with van der Waals surface area (Å²) in [5.41, 5.74) is 0.372. The molecule has 0 heterocycles. The van der Waals surface area contributed by atoms with Crippen molar-refractivity contribution in [3.05, 3.63) is 29.8 Å². The van der Waals surface area contributed by atoms with Gasteiger partial charge in [0.2, 0.25) is 0 Å². The summed E-state index contributed by atoms with van der Waals surface area (Å²) in [6, 6.07) is 6.16. The van der Waals surface area contributed by atoms with Gasteiger partial charge in [-0.15, -0.1) is 0 Å². The number of hydrogen-bond donors (Lipinski definition) is 0. The molecule has 0 aliphatic heterocycles. The van der Waals surface area contributed by atoms with Crippen molar-refractivity contribution < 1.29 is 49.0 Å². The first-order valence-electron chi connectivity index (χ1n) is 5.65. The van der Waals surface area contributed by atoms with E-state index in [1.807, 2.05) is 13.8 Å². The molecule has 0 N–H and O–H groups in total. The molecule has 0 aliphatic carbocycles. The zero-order valence-electron chi connectivity index (χ0n) is 11.6. The third kappa shape index (κ3) is 8.64. The zero-order chi connectivity index (χ0) is 14.5. The number of hydrogen-bond acceptors (Lipinski definition) is 6. The molecule has 0 saturated carbocycles. The standard InChI is InChI=1S/C11H11O6.C2H6.Re/c1-14-7-17-11(13)9-2-4-10(5-3-9)16-8-15-6-12;1-2;/h2-5H,7-8H2,1H3;1-2H3;/q-1;;. The van der Waals surface area contributed by atoms with Crippen molar-refractivity contribution in [2.75, 3.05) is 20.7 Å². The van der Waals surface area contributed by atoms with Crippen molar-refractivity contribution in [1.29, 1.82) is 0 Å². The Balaban J connectivity index is 0. The molecule has 0 saturated heterocycles. The van der Waals surface area contributed by atoms with E-state index in [2.05, 4.69) is 9.47 Å². The molecule has 6 nitrogen and oxygen atoms in total. The van der Waals surface area contributed by atoms with Crippen LogP contribution in [0.5, 0.6) is 5.75 Å². The fourth-order valence-electron chi connectivity index (χ4n) is 1.00. The summed E-state index contributed by atoms with van der Waals surface area (Å²) in [7, 11) is 1.42. The molecule has 0 spiro atoms. The van der Waals surface area contributed by atoms with Gasteiger partial charge in [0.1, 0.15) is 5.75 Å². The number of carbonyl (C=O) groups excluding carboxylic acids is 2. The summed E-state index contributed by atoms with van der Waals surface area (Å²) < 4.78 is 18.6. The predicted molar refractivity (Wildman–Crippen MR) is 67.4 cm³/mol. The zero-order valence-corrected chi connectivity index (χ0v) is 14.3. The molecule has 0 bridgehead atoms. The number of methoxy groups -OCH3 is 1. The molecule has 0 atom stereocenters. The van der Waals surface area contributed by atoms with Crippen molar-refractivity contribution in [2.45, 2.75) is 13.8 Å². The third-order valence-electron chi connectivity index (χ3n) is 1.74. The molecule has 20 heavy (non-hydrogen) atoms. The molecule has 1 radical (unpaired) electrons. The summed E-state index contributed by atoms with van der Waals surface area (Å²) in [6.07, 6.45) is 0. The van der Waals surface area contributed by atoms with Crippen LogP contribution in [-0.2, 0) is 39.4 Å². The van der Waals surface area contributed by atoms with E-state index in [0.717, 1.165) is 0 Å². The predicted octanol–water partition coefficient (Wildman–Crippen LogP) is 1.89. The smallest absolute Gasteiger partial charge is 0.340 e. The number of ether oxygens (including phenoxy) is 4. The summed E-state index contributed by atoms with van der Waals surface area (Å²) in [5.74, 6) is -0.0283. The van der Waals surface area contributed by atoms with Gasteiger partial charge < -0.3 is 23.7 Å². The number of carbonyl (C=O) groups is 1. The molecule has 1 aromatic carbocycles.